The molecule has 4 fully saturated rings. The van der Waals surface area contributed by atoms with Crippen molar-refractivity contribution in [2.45, 2.75) is 116 Å². The molecular formula is C42H56FeO2P2. The number of aryl methyl sites for hydroxylation is 4. The summed E-state index contributed by atoms with van der Waals surface area (Å²) in [6, 6.07) is 9.61. The van der Waals surface area contributed by atoms with E-state index in [1.54, 1.807) is 25.8 Å². The van der Waals surface area contributed by atoms with Crippen LogP contribution in [0.4, 0.5) is 0 Å². The summed E-state index contributed by atoms with van der Waals surface area (Å²) in [5.74, 6) is 3.66. The Hall–Kier alpha value is -0.581. The van der Waals surface area contributed by atoms with Gasteiger partial charge >= 0.3 is 0 Å². The summed E-state index contributed by atoms with van der Waals surface area (Å²) in [6.45, 7) is 11.4. The molecule has 0 spiro atoms. The number of hydrogen-bond donors (Lipinski definition) is 0. The van der Waals surface area contributed by atoms with E-state index in [1.807, 2.05) is 32.1 Å². The Labute approximate surface area is 302 Å². The Balaban J connectivity index is 0.000000762. The fourth-order valence-corrected chi connectivity index (χ4v) is 15.7. The van der Waals surface area contributed by atoms with Crippen LogP contribution in [0.25, 0.3) is 0 Å². The third kappa shape index (κ3) is 9.60. The molecule has 0 bridgehead atoms. The Morgan fingerprint density at radius 2 is 0.957 bits per heavy atom. The molecule has 254 valence electrons. The van der Waals surface area contributed by atoms with E-state index < -0.39 is 7.92 Å². The second-order valence-corrected chi connectivity index (χ2v) is 18.9. The molecule has 0 saturated heterocycles. The summed E-state index contributed by atoms with van der Waals surface area (Å²) in [6.07, 6.45) is 31.8. The monoisotopic (exact) mass is 710 g/mol. The Morgan fingerprint density at radius 3 is 1.32 bits per heavy atom. The van der Waals surface area contributed by atoms with Crippen LogP contribution in [-0.2, 0) is 17.1 Å². The third-order valence-corrected chi connectivity index (χ3v) is 16.7. The van der Waals surface area contributed by atoms with Gasteiger partial charge in [0.1, 0.15) is 11.5 Å². The third-order valence-electron chi connectivity index (χ3n) is 10.3. The molecule has 2 aromatic rings. The molecule has 0 amide bonds. The van der Waals surface area contributed by atoms with E-state index in [0.717, 1.165) is 22.8 Å². The fourth-order valence-electron chi connectivity index (χ4n) is 8.34. The van der Waals surface area contributed by atoms with Gasteiger partial charge in [-0.2, -0.15) is 0 Å². The quantitative estimate of drug-likeness (QED) is 0.191. The van der Waals surface area contributed by atoms with Crippen LogP contribution >= 0.6 is 15.8 Å². The van der Waals surface area contributed by atoms with Crippen molar-refractivity contribution in [2.24, 2.45) is 0 Å². The van der Waals surface area contributed by atoms with Crippen molar-refractivity contribution in [1.29, 1.82) is 0 Å². The molecule has 47 heavy (non-hydrogen) atoms. The van der Waals surface area contributed by atoms with Crippen LogP contribution in [-0.4, -0.2) is 31.2 Å². The smallest absolute Gasteiger partial charge is 0.124 e. The molecule has 0 unspecified atom stereocenters. The minimum atomic E-state index is -0.722. The Bertz CT molecular complexity index is 1120. The average Bonchev–Trinajstić information content (AvgIpc) is 3.79. The second-order valence-electron chi connectivity index (χ2n) is 13.6. The van der Waals surface area contributed by atoms with Crippen molar-refractivity contribution in [3.05, 3.63) is 109 Å². The molecule has 6 rings (SSSR count). The number of benzene rings is 2. The molecule has 1 atom stereocenters. The molecule has 0 aromatic heterocycles. The van der Waals surface area contributed by atoms with E-state index in [0.29, 0.717) is 5.66 Å². The first-order valence-electron chi connectivity index (χ1n) is 17.6. The molecule has 4 aliphatic rings. The van der Waals surface area contributed by atoms with Crippen molar-refractivity contribution in [2.75, 3.05) is 14.2 Å². The molecule has 2 nitrogen and oxygen atoms in total. The number of rotatable bonds is 9. The van der Waals surface area contributed by atoms with Crippen molar-refractivity contribution in [1.82, 2.24) is 0 Å². The Morgan fingerprint density at radius 1 is 0.574 bits per heavy atom. The standard InChI is InChI=1S/C37H51O2P2.C5H5.Fe/c1-25-21-32(22-26(2)36(25)38-6)41(33-23-27(3)37(39-7)28(4)24-33)35-20-14-19-34(35)29(5)40(30-15-10-8-11-16-30)31-17-12-9-13-18-31;1-2-4-5-3-1;/h14,19-24,29-31H,8-13,15-18H2,1-7H3;1-5H;/t29-;;/m1../s1. The molecule has 0 aliphatic heterocycles. The maximum absolute atomic E-state index is 5.80. The maximum Gasteiger partial charge on any atom is 0.124 e. The van der Waals surface area contributed by atoms with E-state index in [1.165, 1.54) is 97.1 Å². The Kier molecular flexibility index (Phi) is 16.0. The van der Waals surface area contributed by atoms with Crippen LogP contribution in [0.15, 0.2) is 24.3 Å². The molecule has 0 N–H and O–H groups in total. The number of hydrogen-bond acceptors (Lipinski definition) is 2. The zero-order valence-corrected chi connectivity index (χ0v) is 32.7. The van der Waals surface area contributed by atoms with Gasteiger partial charge in [-0.1, -0.05) is 53.4 Å². The van der Waals surface area contributed by atoms with Gasteiger partial charge in [-0.25, -0.2) is 0 Å². The van der Waals surface area contributed by atoms with Gasteiger partial charge in [0.25, 0.3) is 0 Å². The number of methoxy groups -OCH3 is 2. The normalized spacial score (nSPS) is 20.6. The molecular weight excluding hydrogens is 654 g/mol. The van der Waals surface area contributed by atoms with Gasteiger partial charge < -0.3 is 9.47 Å². The van der Waals surface area contributed by atoms with Gasteiger partial charge in [0.2, 0.25) is 0 Å². The van der Waals surface area contributed by atoms with Crippen LogP contribution in [0.1, 0.15) is 93.4 Å². The van der Waals surface area contributed by atoms with E-state index >= 15 is 0 Å². The first kappa shape index (κ1) is 39.2. The van der Waals surface area contributed by atoms with Gasteiger partial charge in [0.05, 0.1) is 14.2 Å². The van der Waals surface area contributed by atoms with Crippen LogP contribution in [0.5, 0.6) is 11.5 Å². The van der Waals surface area contributed by atoms with Crippen molar-refractivity contribution in [3.63, 3.8) is 0 Å². The molecule has 5 heteroatoms. The van der Waals surface area contributed by atoms with Gasteiger partial charge in [-0.05, 0) is 193 Å². The van der Waals surface area contributed by atoms with E-state index in [2.05, 4.69) is 78.1 Å². The topological polar surface area (TPSA) is 18.5 Å². The summed E-state index contributed by atoms with van der Waals surface area (Å²) in [4.78, 5) is 0. The van der Waals surface area contributed by atoms with Crippen molar-refractivity contribution < 1.29 is 26.5 Å². The van der Waals surface area contributed by atoms with E-state index in [4.69, 9.17) is 9.47 Å². The molecule has 4 saturated carbocycles. The van der Waals surface area contributed by atoms with Crippen LogP contribution in [0.2, 0.25) is 0 Å². The summed E-state index contributed by atoms with van der Waals surface area (Å²) >= 11 is 0. The largest absolute Gasteiger partial charge is 0.496 e. The average molecular weight is 711 g/mol. The molecule has 0 heterocycles. The van der Waals surface area contributed by atoms with Crippen LogP contribution in [0, 0.1) is 90.6 Å². The van der Waals surface area contributed by atoms with Gasteiger partial charge in [-0.3, -0.25) is 0 Å². The molecule has 10 radical (unpaired) electrons. The predicted octanol–water partition coefficient (Wildman–Crippen LogP) is 10.7. The minimum Gasteiger partial charge on any atom is -0.496 e. The van der Waals surface area contributed by atoms with Gasteiger partial charge in [0.15, 0.2) is 0 Å². The summed E-state index contributed by atoms with van der Waals surface area (Å²) in [5.41, 5.74) is 9.01. The summed E-state index contributed by atoms with van der Waals surface area (Å²) in [5, 5.41) is 2.86. The van der Waals surface area contributed by atoms with Gasteiger partial charge in [0, 0.05) is 22.7 Å². The first-order chi connectivity index (χ1) is 22.3. The first-order valence-corrected chi connectivity index (χ1v) is 20.5. The maximum atomic E-state index is 5.80. The second kappa shape index (κ2) is 19.1. The zero-order chi connectivity index (χ0) is 32.6. The SMILES string of the molecule is COc1c(C)cc(P([C]2[CH][CH][CH][C]2[C@@H](C)P(C2CCCCC2)C2CCCCC2)c2cc(C)c(OC)c(C)c2)cc1C.[CH]1[CH][CH][CH][CH]1.[Fe]. The summed E-state index contributed by atoms with van der Waals surface area (Å²) < 4.78 is 11.6. The van der Waals surface area contributed by atoms with Crippen molar-refractivity contribution in [3.8, 4) is 11.5 Å². The van der Waals surface area contributed by atoms with Crippen LogP contribution in [0.3, 0.4) is 0 Å². The molecule has 2 aromatic carbocycles. The molecule has 4 aliphatic carbocycles. The van der Waals surface area contributed by atoms with E-state index in [-0.39, 0.29) is 25.0 Å². The zero-order valence-electron chi connectivity index (χ0n) is 29.8. The van der Waals surface area contributed by atoms with E-state index in [9.17, 15) is 0 Å². The fraction of sp³-hybridized carbons (Fsp3) is 0.476. The van der Waals surface area contributed by atoms with Gasteiger partial charge in [-0.15, -0.1) is 0 Å². The number of ether oxygens (including phenoxy) is 2. The summed E-state index contributed by atoms with van der Waals surface area (Å²) in [7, 11) is 2.81. The predicted molar refractivity (Wildman–Crippen MR) is 202 cm³/mol. The minimum absolute atomic E-state index is 0. The van der Waals surface area contributed by atoms with Crippen molar-refractivity contribution >= 4 is 26.5 Å². The van der Waals surface area contributed by atoms with Crippen LogP contribution < -0.4 is 20.1 Å².